The van der Waals surface area contributed by atoms with Crippen LogP contribution in [-0.2, 0) is 0 Å². The van der Waals surface area contributed by atoms with Crippen LogP contribution in [0.25, 0.3) is 0 Å². The minimum absolute atomic E-state index is 0.0485. The first kappa shape index (κ1) is 11.3. The van der Waals surface area contributed by atoms with Crippen LogP contribution < -0.4 is 4.74 Å². The van der Waals surface area contributed by atoms with Crippen LogP contribution in [0.5, 0.6) is 5.75 Å². The van der Waals surface area contributed by atoms with E-state index in [-0.39, 0.29) is 5.78 Å². The molecular weight excluding hydrogens is 223 g/mol. The van der Waals surface area contributed by atoms with Gasteiger partial charge in [-0.2, -0.15) is 0 Å². The van der Waals surface area contributed by atoms with Gasteiger partial charge >= 0.3 is 0 Å². The minimum atomic E-state index is -0.0485. The topological polar surface area (TPSA) is 26.3 Å². The van der Waals surface area contributed by atoms with Crippen LogP contribution in [0.2, 0.25) is 5.02 Å². The zero-order chi connectivity index (χ0) is 10.6. The van der Waals surface area contributed by atoms with Crippen LogP contribution in [-0.4, -0.2) is 18.8 Å². The molecule has 0 aromatic heterocycles. The molecule has 0 aliphatic rings. The van der Waals surface area contributed by atoms with Gasteiger partial charge in [0, 0.05) is 17.9 Å². The number of carbonyl (C=O) groups excluding carboxylic acids is 1. The van der Waals surface area contributed by atoms with Gasteiger partial charge in [-0.3, -0.25) is 4.79 Å². The van der Waals surface area contributed by atoms with Crippen LogP contribution in [0, 0.1) is 0 Å². The molecule has 0 radical (unpaired) electrons. The van der Waals surface area contributed by atoms with Crippen molar-refractivity contribution in [1.82, 2.24) is 0 Å². The number of rotatable bonds is 4. The summed E-state index contributed by atoms with van der Waals surface area (Å²) >= 11 is 11.4. The lowest BCUT2D eigenvalue weighted by atomic mass is 10.1. The summed E-state index contributed by atoms with van der Waals surface area (Å²) in [5, 5.41) is 0.402. The van der Waals surface area contributed by atoms with Crippen LogP contribution in [0.3, 0.4) is 0 Å². The Morgan fingerprint density at radius 3 is 2.71 bits per heavy atom. The third-order valence-corrected chi connectivity index (χ3v) is 2.30. The second kappa shape index (κ2) is 5.23. The average molecular weight is 233 g/mol. The van der Waals surface area contributed by atoms with Gasteiger partial charge in [-0.25, -0.2) is 0 Å². The summed E-state index contributed by atoms with van der Waals surface area (Å²) in [6.07, 6.45) is 0.299. The molecule has 0 amide bonds. The van der Waals surface area contributed by atoms with Crippen molar-refractivity contribution >= 4 is 29.0 Å². The van der Waals surface area contributed by atoms with Crippen molar-refractivity contribution < 1.29 is 9.53 Å². The van der Waals surface area contributed by atoms with Crippen LogP contribution in [0.4, 0.5) is 0 Å². The van der Waals surface area contributed by atoms with Gasteiger partial charge in [0.05, 0.1) is 12.1 Å². The molecule has 0 aliphatic carbocycles. The van der Waals surface area contributed by atoms with Crippen molar-refractivity contribution in [3.05, 3.63) is 28.8 Å². The van der Waals surface area contributed by atoms with Crippen molar-refractivity contribution in [2.24, 2.45) is 0 Å². The van der Waals surface area contributed by atoms with Gasteiger partial charge in [-0.05, 0) is 18.2 Å². The van der Waals surface area contributed by atoms with Gasteiger partial charge in [0.1, 0.15) is 5.75 Å². The normalized spacial score (nSPS) is 9.93. The molecule has 0 aliphatic heterocycles. The number of carbonyl (C=O) groups is 1. The number of ketones is 1. The number of halogens is 2. The molecule has 0 heterocycles. The largest absolute Gasteiger partial charge is 0.497 e. The fourth-order valence-electron chi connectivity index (χ4n) is 1.07. The molecule has 76 valence electrons. The number of methoxy groups -OCH3 is 1. The highest BCUT2D eigenvalue weighted by Crippen LogP contribution is 2.23. The number of benzene rings is 1. The van der Waals surface area contributed by atoms with Crippen molar-refractivity contribution in [3.8, 4) is 5.75 Å². The van der Waals surface area contributed by atoms with E-state index in [4.69, 9.17) is 27.9 Å². The minimum Gasteiger partial charge on any atom is -0.497 e. The van der Waals surface area contributed by atoms with E-state index in [1.165, 1.54) is 0 Å². The van der Waals surface area contributed by atoms with Crippen molar-refractivity contribution in [1.29, 1.82) is 0 Å². The first-order valence-corrected chi connectivity index (χ1v) is 5.03. The summed E-state index contributed by atoms with van der Waals surface area (Å²) in [7, 11) is 1.55. The average Bonchev–Trinajstić information content (AvgIpc) is 2.17. The Balaban J connectivity index is 2.94. The van der Waals surface area contributed by atoms with Crippen molar-refractivity contribution in [2.45, 2.75) is 6.42 Å². The highest BCUT2D eigenvalue weighted by atomic mass is 35.5. The number of hydrogen-bond acceptors (Lipinski definition) is 2. The summed E-state index contributed by atoms with van der Waals surface area (Å²) in [6, 6.07) is 4.96. The lowest BCUT2D eigenvalue weighted by Gasteiger charge is -2.04. The van der Waals surface area contributed by atoms with E-state index in [0.717, 1.165) is 0 Å². The predicted octanol–water partition coefficient (Wildman–Crippen LogP) is 3.16. The van der Waals surface area contributed by atoms with E-state index < -0.39 is 0 Å². The number of hydrogen-bond donors (Lipinski definition) is 0. The molecule has 1 aromatic carbocycles. The number of ether oxygens (including phenoxy) is 1. The molecule has 0 fully saturated rings. The van der Waals surface area contributed by atoms with E-state index in [9.17, 15) is 4.79 Å². The highest BCUT2D eigenvalue weighted by molar-refractivity contribution is 6.34. The molecule has 4 heteroatoms. The zero-order valence-corrected chi connectivity index (χ0v) is 9.23. The molecule has 0 saturated carbocycles. The lowest BCUT2D eigenvalue weighted by molar-refractivity contribution is 0.0989. The Bertz CT molecular complexity index is 337. The van der Waals surface area contributed by atoms with Gasteiger partial charge < -0.3 is 4.74 Å². The molecular formula is C10H10Cl2O2. The maximum Gasteiger partial charge on any atom is 0.165 e. The SMILES string of the molecule is COc1ccc(C(=O)CCCl)c(Cl)c1. The molecule has 2 nitrogen and oxygen atoms in total. The van der Waals surface area contributed by atoms with E-state index in [2.05, 4.69) is 0 Å². The lowest BCUT2D eigenvalue weighted by Crippen LogP contribution is -2.00. The van der Waals surface area contributed by atoms with Crippen molar-refractivity contribution in [2.75, 3.05) is 13.0 Å². The van der Waals surface area contributed by atoms with Gasteiger partial charge in [0.2, 0.25) is 0 Å². The maximum atomic E-state index is 11.5. The molecule has 1 rings (SSSR count). The van der Waals surface area contributed by atoms with E-state index >= 15 is 0 Å². The summed E-state index contributed by atoms with van der Waals surface area (Å²) in [4.78, 5) is 11.5. The Labute approximate surface area is 92.8 Å². The smallest absolute Gasteiger partial charge is 0.165 e. The van der Waals surface area contributed by atoms with Crippen LogP contribution in [0.1, 0.15) is 16.8 Å². The molecule has 0 saturated heterocycles. The monoisotopic (exact) mass is 232 g/mol. The molecule has 1 aromatic rings. The summed E-state index contributed by atoms with van der Waals surface area (Å²) in [6.45, 7) is 0. The van der Waals surface area contributed by atoms with E-state index in [0.29, 0.717) is 28.6 Å². The van der Waals surface area contributed by atoms with Gasteiger partial charge in [0.25, 0.3) is 0 Å². The standard InChI is InChI=1S/C10H10Cl2O2/c1-14-7-2-3-8(9(12)6-7)10(13)4-5-11/h2-3,6H,4-5H2,1H3. The molecule has 0 atom stereocenters. The second-order valence-corrected chi connectivity index (χ2v) is 3.49. The molecule has 0 unspecified atom stereocenters. The Hall–Kier alpha value is -0.730. The number of alkyl halides is 1. The maximum absolute atomic E-state index is 11.5. The van der Waals surface area contributed by atoms with Gasteiger partial charge in [-0.15, -0.1) is 11.6 Å². The molecule has 0 bridgehead atoms. The van der Waals surface area contributed by atoms with Crippen molar-refractivity contribution in [3.63, 3.8) is 0 Å². The number of Topliss-reactive ketones (excluding diaryl/α,β-unsaturated/α-hetero) is 1. The highest BCUT2D eigenvalue weighted by Gasteiger charge is 2.10. The molecule has 0 spiro atoms. The van der Waals surface area contributed by atoms with E-state index in [1.54, 1.807) is 25.3 Å². The molecule has 0 N–H and O–H groups in total. The summed E-state index contributed by atoms with van der Waals surface area (Å²) in [5.41, 5.74) is 0.494. The zero-order valence-electron chi connectivity index (χ0n) is 7.72. The Kier molecular flexibility index (Phi) is 4.23. The van der Waals surface area contributed by atoms with Gasteiger partial charge in [0.15, 0.2) is 5.78 Å². The Morgan fingerprint density at radius 1 is 1.50 bits per heavy atom. The first-order chi connectivity index (χ1) is 6.69. The fourth-order valence-corrected chi connectivity index (χ4v) is 1.52. The summed E-state index contributed by atoms with van der Waals surface area (Å²) < 4.78 is 4.97. The first-order valence-electron chi connectivity index (χ1n) is 4.11. The quantitative estimate of drug-likeness (QED) is 0.589. The van der Waals surface area contributed by atoms with Crippen LogP contribution in [0.15, 0.2) is 18.2 Å². The third kappa shape index (κ3) is 2.63. The summed E-state index contributed by atoms with van der Waals surface area (Å²) in [5.74, 6) is 0.895. The van der Waals surface area contributed by atoms with Gasteiger partial charge in [-0.1, -0.05) is 11.6 Å². The Morgan fingerprint density at radius 2 is 2.21 bits per heavy atom. The second-order valence-electron chi connectivity index (χ2n) is 2.71. The molecule has 14 heavy (non-hydrogen) atoms. The fraction of sp³-hybridized carbons (Fsp3) is 0.300. The van der Waals surface area contributed by atoms with E-state index in [1.807, 2.05) is 0 Å². The predicted molar refractivity (Wildman–Crippen MR) is 57.7 cm³/mol. The third-order valence-electron chi connectivity index (χ3n) is 1.80. The van der Waals surface area contributed by atoms with Crippen LogP contribution >= 0.6 is 23.2 Å².